The van der Waals surface area contributed by atoms with Crippen LogP contribution in [-0.2, 0) is 6.54 Å². The zero-order chi connectivity index (χ0) is 16.1. The Hall–Kier alpha value is -2.68. The van der Waals surface area contributed by atoms with Crippen LogP contribution in [0, 0.1) is 0 Å². The molecular weight excluding hydrogens is 286 g/mol. The minimum absolute atomic E-state index is 0.657. The van der Waals surface area contributed by atoms with Gasteiger partial charge in [-0.3, -0.25) is 0 Å². The highest BCUT2D eigenvalue weighted by atomic mass is 16.5. The topological polar surface area (TPSA) is 30.5 Å². The molecule has 118 valence electrons. The van der Waals surface area contributed by atoms with E-state index in [1.807, 2.05) is 31.2 Å². The van der Waals surface area contributed by atoms with E-state index in [-0.39, 0.29) is 0 Å². The zero-order valence-electron chi connectivity index (χ0n) is 13.5. The van der Waals surface area contributed by atoms with Crippen molar-refractivity contribution in [2.24, 2.45) is 0 Å². The first-order valence-electron chi connectivity index (χ1n) is 7.83. The molecule has 1 N–H and O–H groups in total. The normalized spacial score (nSPS) is 10.5. The summed E-state index contributed by atoms with van der Waals surface area (Å²) < 4.78 is 11.1. The molecule has 3 aromatic carbocycles. The van der Waals surface area contributed by atoms with Gasteiger partial charge >= 0.3 is 0 Å². The number of benzene rings is 3. The molecule has 0 bridgehead atoms. The fraction of sp³-hybridized carbons (Fsp3) is 0.200. The molecule has 0 unspecified atom stereocenters. The Morgan fingerprint density at radius 1 is 0.957 bits per heavy atom. The molecule has 0 amide bonds. The molecular formula is C20H21NO2. The van der Waals surface area contributed by atoms with Crippen LogP contribution in [0.1, 0.15) is 12.5 Å². The van der Waals surface area contributed by atoms with E-state index in [0.717, 1.165) is 17.2 Å². The second-order valence-electron chi connectivity index (χ2n) is 5.28. The number of hydrogen-bond acceptors (Lipinski definition) is 3. The van der Waals surface area contributed by atoms with Crippen LogP contribution in [-0.4, -0.2) is 13.7 Å². The van der Waals surface area contributed by atoms with E-state index in [4.69, 9.17) is 9.47 Å². The van der Waals surface area contributed by atoms with E-state index in [9.17, 15) is 0 Å². The monoisotopic (exact) mass is 307 g/mol. The molecule has 0 fully saturated rings. The van der Waals surface area contributed by atoms with Crippen LogP contribution in [0.25, 0.3) is 10.8 Å². The highest BCUT2D eigenvalue weighted by Gasteiger charge is 2.08. The molecule has 3 nitrogen and oxygen atoms in total. The van der Waals surface area contributed by atoms with Crippen molar-refractivity contribution in [1.82, 2.24) is 0 Å². The highest BCUT2D eigenvalue weighted by Crippen LogP contribution is 2.29. The maximum absolute atomic E-state index is 5.81. The third kappa shape index (κ3) is 3.39. The minimum atomic E-state index is 0.657. The number of methoxy groups -OCH3 is 1. The smallest absolute Gasteiger partial charge is 0.124 e. The molecule has 3 rings (SSSR count). The lowest BCUT2D eigenvalue weighted by atomic mass is 10.0. The van der Waals surface area contributed by atoms with Crippen LogP contribution < -0.4 is 14.8 Å². The number of hydrogen-bond donors (Lipinski definition) is 1. The first-order valence-corrected chi connectivity index (χ1v) is 7.83. The Balaban J connectivity index is 1.92. The number of ether oxygens (including phenoxy) is 2. The van der Waals surface area contributed by atoms with Crippen LogP contribution in [0.4, 0.5) is 5.69 Å². The van der Waals surface area contributed by atoms with Gasteiger partial charge in [-0.25, -0.2) is 0 Å². The van der Waals surface area contributed by atoms with Crippen molar-refractivity contribution in [3.05, 3.63) is 66.2 Å². The van der Waals surface area contributed by atoms with Crippen LogP contribution in [0.2, 0.25) is 0 Å². The fourth-order valence-electron chi connectivity index (χ4n) is 2.71. The van der Waals surface area contributed by atoms with Gasteiger partial charge in [0.1, 0.15) is 11.5 Å². The lowest BCUT2D eigenvalue weighted by Crippen LogP contribution is -2.04. The molecule has 0 spiro atoms. The van der Waals surface area contributed by atoms with Crippen molar-refractivity contribution in [3.63, 3.8) is 0 Å². The van der Waals surface area contributed by atoms with Crippen molar-refractivity contribution < 1.29 is 9.47 Å². The van der Waals surface area contributed by atoms with E-state index in [0.29, 0.717) is 13.2 Å². The summed E-state index contributed by atoms with van der Waals surface area (Å²) in [6, 6.07) is 20.5. The van der Waals surface area contributed by atoms with Crippen molar-refractivity contribution in [2.45, 2.75) is 13.5 Å². The lowest BCUT2D eigenvalue weighted by Gasteiger charge is -2.15. The van der Waals surface area contributed by atoms with Crippen molar-refractivity contribution in [2.75, 3.05) is 19.0 Å². The van der Waals surface area contributed by atoms with Crippen LogP contribution >= 0.6 is 0 Å². The molecule has 3 heteroatoms. The lowest BCUT2D eigenvalue weighted by molar-refractivity contribution is 0.337. The first-order chi connectivity index (χ1) is 11.3. The van der Waals surface area contributed by atoms with Gasteiger partial charge in [0.05, 0.1) is 13.7 Å². The Bertz CT molecular complexity index is 799. The average molecular weight is 307 g/mol. The first kappa shape index (κ1) is 15.2. The maximum Gasteiger partial charge on any atom is 0.124 e. The standard InChI is InChI=1S/C20H21NO2/c1-3-23-20-12-11-15-7-4-5-10-18(15)19(20)14-21-16-8-6-9-17(13-16)22-2/h4-13,21H,3,14H2,1-2H3. The molecule has 0 radical (unpaired) electrons. The summed E-state index contributed by atoms with van der Waals surface area (Å²) in [6.07, 6.45) is 0. The number of rotatable bonds is 6. The third-order valence-corrected chi connectivity index (χ3v) is 3.84. The van der Waals surface area contributed by atoms with E-state index in [1.165, 1.54) is 16.3 Å². The summed E-state index contributed by atoms with van der Waals surface area (Å²) in [5, 5.41) is 5.90. The predicted molar refractivity (Wildman–Crippen MR) is 95.4 cm³/mol. The minimum Gasteiger partial charge on any atom is -0.497 e. The van der Waals surface area contributed by atoms with Crippen molar-refractivity contribution in [1.29, 1.82) is 0 Å². The Morgan fingerprint density at radius 3 is 2.65 bits per heavy atom. The van der Waals surface area contributed by atoms with E-state index < -0.39 is 0 Å². The summed E-state index contributed by atoms with van der Waals surface area (Å²) in [5.74, 6) is 1.78. The van der Waals surface area contributed by atoms with Gasteiger partial charge < -0.3 is 14.8 Å². The van der Waals surface area contributed by atoms with Crippen LogP contribution in [0.15, 0.2) is 60.7 Å². The van der Waals surface area contributed by atoms with E-state index in [2.05, 4.69) is 41.7 Å². The summed E-state index contributed by atoms with van der Waals surface area (Å²) in [7, 11) is 1.68. The molecule has 0 aliphatic heterocycles. The average Bonchev–Trinajstić information content (AvgIpc) is 2.61. The second-order valence-corrected chi connectivity index (χ2v) is 5.28. The van der Waals surface area contributed by atoms with Gasteiger partial charge in [0.15, 0.2) is 0 Å². The van der Waals surface area contributed by atoms with Gasteiger partial charge in [-0.2, -0.15) is 0 Å². The third-order valence-electron chi connectivity index (χ3n) is 3.84. The number of nitrogens with one attached hydrogen (secondary N) is 1. The quantitative estimate of drug-likeness (QED) is 0.705. The predicted octanol–water partition coefficient (Wildman–Crippen LogP) is 4.86. The van der Waals surface area contributed by atoms with Gasteiger partial charge in [0.2, 0.25) is 0 Å². The molecule has 0 aliphatic rings. The molecule has 0 heterocycles. The summed E-state index contributed by atoms with van der Waals surface area (Å²) in [5.41, 5.74) is 2.20. The largest absolute Gasteiger partial charge is 0.497 e. The van der Waals surface area contributed by atoms with Crippen molar-refractivity contribution >= 4 is 16.5 Å². The molecule has 0 saturated carbocycles. The Kier molecular flexibility index (Phi) is 4.67. The Morgan fingerprint density at radius 2 is 1.83 bits per heavy atom. The van der Waals surface area contributed by atoms with E-state index in [1.54, 1.807) is 7.11 Å². The van der Waals surface area contributed by atoms with Gasteiger partial charge in [0, 0.05) is 23.9 Å². The summed E-state index contributed by atoms with van der Waals surface area (Å²) in [6.45, 7) is 3.36. The maximum atomic E-state index is 5.81. The van der Waals surface area contributed by atoms with Crippen LogP contribution in [0.3, 0.4) is 0 Å². The summed E-state index contributed by atoms with van der Waals surface area (Å²) >= 11 is 0. The molecule has 23 heavy (non-hydrogen) atoms. The highest BCUT2D eigenvalue weighted by molar-refractivity contribution is 5.88. The molecule has 0 atom stereocenters. The van der Waals surface area contributed by atoms with Gasteiger partial charge in [-0.15, -0.1) is 0 Å². The molecule has 0 aliphatic carbocycles. The van der Waals surface area contributed by atoms with E-state index >= 15 is 0 Å². The number of anilines is 1. The molecule has 0 aromatic heterocycles. The molecule has 3 aromatic rings. The van der Waals surface area contributed by atoms with Gasteiger partial charge in [-0.1, -0.05) is 36.4 Å². The zero-order valence-corrected chi connectivity index (χ0v) is 13.5. The van der Waals surface area contributed by atoms with Crippen molar-refractivity contribution in [3.8, 4) is 11.5 Å². The van der Waals surface area contributed by atoms with Gasteiger partial charge in [-0.05, 0) is 35.9 Å². The number of fused-ring (bicyclic) bond motifs is 1. The SMILES string of the molecule is CCOc1ccc2ccccc2c1CNc1cccc(OC)c1. The van der Waals surface area contributed by atoms with Crippen LogP contribution in [0.5, 0.6) is 11.5 Å². The molecule has 0 saturated heterocycles. The second kappa shape index (κ2) is 7.05. The Labute approximate surface area is 136 Å². The summed E-state index contributed by atoms with van der Waals surface area (Å²) in [4.78, 5) is 0. The fourth-order valence-corrected chi connectivity index (χ4v) is 2.71. The van der Waals surface area contributed by atoms with Gasteiger partial charge in [0.25, 0.3) is 0 Å².